The van der Waals surface area contributed by atoms with Crippen LogP contribution in [0.3, 0.4) is 0 Å². The van der Waals surface area contributed by atoms with Gasteiger partial charge in [0.15, 0.2) is 5.76 Å². The van der Waals surface area contributed by atoms with Crippen LogP contribution in [-0.2, 0) is 10.0 Å². The van der Waals surface area contributed by atoms with Crippen molar-refractivity contribution in [3.8, 4) is 11.5 Å². The molecule has 0 fully saturated rings. The van der Waals surface area contributed by atoms with E-state index in [0.717, 1.165) is 12.1 Å². The van der Waals surface area contributed by atoms with Crippen LogP contribution in [0.1, 0.15) is 10.4 Å². The van der Waals surface area contributed by atoms with Crippen LogP contribution in [0.15, 0.2) is 46.0 Å². The van der Waals surface area contributed by atoms with Gasteiger partial charge in [-0.05, 0) is 30.3 Å². The molecule has 8 nitrogen and oxygen atoms in total. The largest absolute Gasteiger partial charge is 0.441 e. The zero-order valence-electron chi connectivity index (χ0n) is 14.2. The van der Waals surface area contributed by atoms with E-state index in [1.165, 1.54) is 29.3 Å². The number of H-pyrrole nitrogens is 1. The number of amides is 1. The van der Waals surface area contributed by atoms with Gasteiger partial charge in [-0.25, -0.2) is 4.39 Å². The molecule has 2 aromatic heterocycles. The smallest absolute Gasteiger partial charge is 0.295 e. The second-order valence-corrected chi connectivity index (χ2v) is 7.73. The number of carbonyl (C=O) groups excluding carboxylic acids is 1. The fourth-order valence-corrected chi connectivity index (χ4v) is 3.53. The summed E-state index contributed by atoms with van der Waals surface area (Å²) in [4.78, 5) is 13.5. The molecule has 0 spiro atoms. The molecule has 2 heterocycles. The predicted molar refractivity (Wildman–Crippen MR) is 96.5 cm³/mol. The predicted octanol–water partition coefficient (Wildman–Crippen LogP) is 2.96. The number of nitrogens with one attached hydrogen (secondary N) is 2. The molecule has 11 heteroatoms. The van der Waals surface area contributed by atoms with Crippen molar-refractivity contribution in [2.24, 2.45) is 0 Å². The molecular formula is C16H14ClFN4O4S. The molecule has 1 amide bonds. The highest BCUT2D eigenvalue weighted by molar-refractivity contribution is 7.92. The van der Waals surface area contributed by atoms with E-state index < -0.39 is 20.9 Å². The standard InChI is InChI=1S/C16H14ClFN4O4S/c1-22(2)16(23)10-8-19-20-15(10)13-5-6-14(26-13)27(24,25)21-12-4-3-9(18)7-11(12)17/h3-8,21H,1-2H3,(H,19,20). The molecule has 142 valence electrons. The minimum absolute atomic E-state index is 0.000955. The lowest BCUT2D eigenvalue weighted by Gasteiger charge is -2.09. The minimum atomic E-state index is -4.12. The van der Waals surface area contributed by atoms with Crippen molar-refractivity contribution in [3.63, 3.8) is 0 Å². The molecule has 0 radical (unpaired) electrons. The number of benzene rings is 1. The first-order valence-electron chi connectivity index (χ1n) is 7.52. The van der Waals surface area contributed by atoms with E-state index in [4.69, 9.17) is 16.0 Å². The second-order valence-electron chi connectivity index (χ2n) is 5.71. The highest BCUT2D eigenvalue weighted by atomic mass is 35.5. The van der Waals surface area contributed by atoms with Gasteiger partial charge >= 0.3 is 0 Å². The number of aromatic nitrogens is 2. The van der Waals surface area contributed by atoms with Crippen molar-refractivity contribution in [3.05, 3.63) is 52.9 Å². The lowest BCUT2D eigenvalue weighted by atomic mass is 10.2. The van der Waals surface area contributed by atoms with Crippen molar-refractivity contribution >= 4 is 33.2 Å². The number of halogens is 2. The maximum absolute atomic E-state index is 13.1. The summed E-state index contributed by atoms with van der Waals surface area (Å²) in [7, 11) is -0.968. The number of nitrogens with zero attached hydrogens (tertiary/aromatic N) is 2. The Kier molecular flexibility index (Phi) is 4.94. The monoisotopic (exact) mass is 412 g/mol. The Morgan fingerprint density at radius 2 is 2.04 bits per heavy atom. The highest BCUT2D eigenvalue weighted by Gasteiger charge is 2.24. The summed E-state index contributed by atoms with van der Waals surface area (Å²) in [5.41, 5.74) is 0.476. The molecular weight excluding hydrogens is 399 g/mol. The number of hydrogen-bond acceptors (Lipinski definition) is 5. The van der Waals surface area contributed by atoms with Crippen LogP contribution in [0.25, 0.3) is 11.5 Å². The van der Waals surface area contributed by atoms with E-state index >= 15 is 0 Å². The van der Waals surface area contributed by atoms with Gasteiger partial charge in [-0.2, -0.15) is 13.5 Å². The zero-order valence-corrected chi connectivity index (χ0v) is 15.7. The summed E-state index contributed by atoms with van der Waals surface area (Å²) in [5, 5.41) is 5.92. The Morgan fingerprint density at radius 1 is 1.30 bits per heavy atom. The third-order valence-electron chi connectivity index (χ3n) is 3.54. The van der Waals surface area contributed by atoms with E-state index in [0.29, 0.717) is 0 Å². The van der Waals surface area contributed by atoms with Gasteiger partial charge in [-0.15, -0.1) is 0 Å². The first-order valence-corrected chi connectivity index (χ1v) is 9.38. The number of rotatable bonds is 5. The van der Waals surface area contributed by atoms with Crippen LogP contribution in [0.4, 0.5) is 10.1 Å². The van der Waals surface area contributed by atoms with Gasteiger partial charge in [-0.3, -0.25) is 14.6 Å². The first-order chi connectivity index (χ1) is 12.7. The number of aromatic amines is 1. The van der Waals surface area contributed by atoms with Crippen LogP contribution in [0, 0.1) is 5.82 Å². The van der Waals surface area contributed by atoms with Gasteiger partial charge in [-0.1, -0.05) is 11.6 Å². The number of anilines is 1. The molecule has 0 atom stereocenters. The molecule has 3 aromatic rings. The van der Waals surface area contributed by atoms with Crippen molar-refractivity contribution in [1.82, 2.24) is 15.1 Å². The Labute approximate surface area is 159 Å². The quantitative estimate of drug-likeness (QED) is 0.669. The molecule has 0 unspecified atom stereocenters. The molecule has 0 aliphatic heterocycles. The molecule has 0 bridgehead atoms. The van der Waals surface area contributed by atoms with Crippen molar-refractivity contribution < 1.29 is 22.0 Å². The maximum Gasteiger partial charge on any atom is 0.295 e. The van der Waals surface area contributed by atoms with E-state index in [9.17, 15) is 17.6 Å². The Morgan fingerprint density at radius 3 is 2.70 bits per heavy atom. The Balaban J connectivity index is 1.92. The van der Waals surface area contributed by atoms with Gasteiger partial charge < -0.3 is 9.32 Å². The fraction of sp³-hybridized carbons (Fsp3) is 0.125. The summed E-state index contributed by atoms with van der Waals surface area (Å²) in [5.74, 6) is -0.806. The fourth-order valence-electron chi connectivity index (χ4n) is 2.24. The number of sulfonamides is 1. The SMILES string of the molecule is CN(C)C(=O)c1cn[nH]c1-c1ccc(S(=O)(=O)Nc2ccc(F)cc2Cl)o1. The van der Waals surface area contributed by atoms with Crippen LogP contribution in [-0.4, -0.2) is 43.5 Å². The third-order valence-corrected chi connectivity index (χ3v) is 5.09. The summed E-state index contributed by atoms with van der Waals surface area (Å²) in [6.07, 6.45) is 1.32. The van der Waals surface area contributed by atoms with Crippen LogP contribution in [0.5, 0.6) is 0 Å². The third kappa shape index (κ3) is 3.81. The van der Waals surface area contributed by atoms with Crippen LogP contribution >= 0.6 is 11.6 Å². The summed E-state index contributed by atoms with van der Waals surface area (Å²) in [6.45, 7) is 0. The number of carbonyl (C=O) groups is 1. The summed E-state index contributed by atoms with van der Waals surface area (Å²) >= 11 is 5.84. The topological polar surface area (TPSA) is 108 Å². The zero-order chi connectivity index (χ0) is 19.8. The Hall–Kier alpha value is -2.85. The molecule has 0 aliphatic carbocycles. The lowest BCUT2D eigenvalue weighted by Crippen LogP contribution is -2.21. The van der Waals surface area contributed by atoms with Crippen LogP contribution < -0.4 is 4.72 Å². The number of furan rings is 1. The highest BCUT2D eigenvalue weighted by Crippen LogP contribution is 2.29. The van der Waals surface area contributed by atoms with Gasteiger partial charge in [0.1, 0.15) is 11.5 Å². The van der Waals surface area contributed by atoms with Gasteiger partial charge in [0.25, 0.3) is 15.9 Å². The normalized spacial score (nSPS) is 11.4. The summed E-state index contributed by atoms with van der Waals surface area (Å²) in [6, 6.07) is 5.86. The van der Waals surface area contributed by atoms with E-state index in [2.05, 4.69) is 14.9 Å². The van der Waals surface area contributed by atoms with Crippen LogP contribution in [0.2, 0.25) is 5.02 Å². The summed E-state index contributed by atoms with van der Waals surface area (Å²) < 4.78 is 45.7. The van der Waals surface area contributed by atoms with Gasteiger partial charge in [0.05, 0.1) is 22.5 Å². The molecule has 0 aliphatic rings. The van der Waals surface area contributed by atoms with Gasteiger partial charge in [0, 0.05) is 14.1 Å². The maximum atomic E-state index is 13.1. The molecule has 0 saturated heterocycles. The number of hydrogen-bond donors (Lipinski definition) is 2. The lowest BCUT2D eigenvalue weighted by molar-refractivity contribution is 0.0828. The van der Waals surface area contributed by atoms with Crippen molar-refractivity contribution in [1.29, 1.82) is 0 Å². The first kappa shape index (κ1) is 18.9. The average Bonchev–Trinajstić information content (AvgIpc) is 3.25. The molecule has 27 heavy (non-hydrogen) atoms. The van der Waals surface area contributed by atoms with Gasteiger partial charge in [0.2, 0.25) is 5.09 Å². The average molecular weight is 413 g/mol. The van der Waals surface area contributed by atoms with Crippen molar-refractivity contribution in [2.45, 2.75) is 5.09 Å². The molecule has 1 aromatic carbocycles. The molecule has 2 N–H and O–H groups in total. The second kappa shape index (κ2) is 7.05. The van der Waals surface area contributed by atoms with E-state index in [1.54, 1.807) is 14.1 Å². The van der Waals surface area contributed by atoms with E-state index in [-0.39, 0.29) is 33.6 Å². The molecule has 3 rings (SSSR count). The molecule has 0 saturated carbocycles. The minimum Gasteiger partial charge on any atom is -0.441 e. The van der Waals surface area contributed by atoms with Crippen molar-refractivity contribution in [2.75, 3.05) is 18.8 Å². The Bertz CT molecular complexity index is 1110. The van der Waals surface area contributed by atoms with E-state index in [1.807, 2.05) is 0 Å².